The van der Waals surface area contributed by atoms with E-state index >= 15 is 0 Å². The monoisotopic (exact) mass is 183 g/mol. The first-order chi connectivity index (χ1) is 6.08. The molecule has 1 rings (SSSR count). The highest BCUT2D eigenvalue weighted by Gasteiger charge is 2.35. The molecule has 3 unspecified atom stereocenters. The van der Waals surface area contributed by atoms with Gasteiger partial charge < -0.3 is 5.73 Å². The summed E-state index contributed by atoms with van der Waals surface area (Å²) in [7, 11) is 0. The van der Waals surface area contributed by atoms with Crippen LogP contribution in [0.2, 0.25) is 0 Å². The highest BCUT2D eigenvalue weighted by atomic mass is 14.8. The molecule has 0 spiro atoms. The molecule has 0 radical (unpaired) electrons. The third-order valence-corrected chi connectivity index (χ3v) is 3.84. The Morgan fingerprint density at radius 1 is 1.38 bits per heavy atom. The zero-order chi connectivity index (χ0) is 9.90. The molecular formula is C12H25N. The van der Waals surface area contributed by atoms with Gasteiger partial charge in [0.05, 0.1) is 0 Å². The van der Waals surface area contributed by atoms with Gasteiger partial charge in [-0.15, -0.1) is 0 Å². The quantitative estimate of drug-likeness (QED) is 0.713. The molecule has 13 heavy (non-hydrogen) atoms. The normalized spacial score (nSPS) is 40.6. The molecule has 0 bridgehead atoms. The van der Waals surface area contributed by atoms with Crippen LogP contribution in [0, 0.1) is 11.8 Å². The Bertz CT molecular complexity index is 151. The molecule has 1 aliphatic rings. The van der Waals surface area contributed by atoms with Crippen molar-refractivity contribution in [2.75, 3.05) is 0 Å². The van der Waals surface area contributed by atoms with E-state index in [4.69, 9.17) is 5.73 Å². The van der Waals surface area contributed by atoms with Crippen LogP contribution in [0.3, 0.4) is 0 Å². The van der Waals surface area contributed by atoms with Crippen molar-refractivity contribution in [2.24, 2.45) is 17.6 Å². The Balaban J connectivity index is 2.46. The lowest BCUT2D eigenvalue weighted by molar-refractivity contribution is 0.151. The average Bonchev–Trinajstić information content (AvgIpc) is 2.09. The van der Waals surface area contributed by atoms with Gasteiger partial charge in [0.15, 0.2) is 0 Å². The first-order valence-electron chi connectivity index (χ1n) is 5.87. The number of unbranched alkanes of at least 4 members (excludes halogenated alkanes) is 1. The maximum absolute atomic E-state index is 6.45. The number of rotatable bonds is 3. The van der Waals surface area contributed by atoms with E-state index in [9.17, 15) is 0 Å². The van der Waals surface area contributed by atoms with Gasteiger partial charge in [-0.3, -0.25) is 0 Å². The summed E-state index contributed by atoms with van der Waals surface area (Å²) >= 11 is 0. The van der Waals surface area contributed by atoms with Gasteiger partial charge in [0, 0.05) is 5.54 Å². The Morgan fingerprint density at radius 2 is 2.08 bits per heavy atom. The molecule has 1 aliphatic carbocycles. The van der Waals surface area contributed by atoms with Crippen LogP contribution < -0.4 is 5.73 Å². The number of hydrogen-bond acceptors (Lipinski definition) is 1. The van der Waals surface area contributed by atoms with Crippen LogP contribution in [0.15, 0.2) is 0 Å². The Kier molecular flexibility index (Phi) is 3.78. The van der Waals surface area contributed by atoms with Crippen molar-refractivity contribution in [1.82, 2.24) is 0 Å². The van der Waals surface area contributed by atoms with Gasteiger partial charge in [-0.05, 0) is 37.5 Å². The summed E-state index contributed by atoms with van der Waals surface area (Å²) in [4.78, 5) is 0. The Labute approximate surface area is 83.1 Å². The molecule has 0 aromatic heterocycles. The maximum atomic E-state index is 6.45. The van der Waals surface area contributed by atoms with Crippen LogP contribution in [0.1, 0.15) is 59.3 Å². The zero-order valence-corrected chi connectivity index (χ0v) is 9.47. The third kappa shape index (κ3) is 2.70. The molecule has 0 aliphatic heterocycles. The van der Waals surface area contributed by atoms with E-state index in [2.05, 4.69) is 20.8 Å². The van der Waals surface area contributed by atoms with E-state index in [1.807, 2.05) is 0 Å². The molecule has 1 fully saturated rings. The molecule has 0 aromatic carbocycles. The van der Waals surface area contributed by atoms with Crippen molar-refractivity contribution < 1.29 is 0 Å². The van der Waals surface area contributed by atoms with Crippen LogP contribution >= 0.6 is 0 Å². The second-order valence-electron chi connectivity index (χ2n) is 5.12. The van der Waals surface area contributed by atoms with Gasteiger partial charge in [-0.1, -0.05) is 33.6 Å². The molecule has 3 atom stereocenters. The van der Waals surface area contributed by atoms with Crippen molar-refractivity contribution in [3.63, 3.8) is 0 Å². The smallest absolute Gasteiger partial charge is 0.0180 e. The van der Waals surface area contributed by atoms with Crippen molar-refractivity contribution >= 4 is 0 Å². The molecule has 78 valence electrons. The first kappa shape index (κ1) is 11.0. The minimum absolute atomic E-state index is 0.169. The van der Waals surface area contributed by atoms with Crippen molar-refractivity contribution in [1.29, 1.82) is 0 Å². The molecule has 2 N–H and O–H groups in total. The van der Waals surface area contributed by atoms with Gasteiger partial charge in [0.25, 0.3) is 0 Å². The minimum atomic E-state index is 0.169. The molecular weight excluding hydrogens is 158 g/mol. The van der Waals surface area contributed by atoms with Crippen LogP contribution in [-0.2, 0) is 0 Å². The van der Waals surface area contributed by atoms with E-state index in [0.29, 0.717) is 0 Å². The lowest BCUT2D eigenvalue weighted by atomic mass is 9.68. The highest BCUT2D eigenvalue weighted by molar-refractivity contribution is 4.93. The Hall–Kier alpha value is -0.0400. The van der Waals surface area contributed by atoms with E-state index in [1.54, 1.807) is 0 Å². The van der Waals surface area contributed by atoms with E-state index in [-0.39, 0.29) is 5.54 Å². The topological polar surface area (TPSA) is 26.0 Å². The van der Waals surface area contributed by atoms with E-state index < -0.39 is 0 Å². The van der Waals surface area contributed by atoms with Gasteiger partial charge >= 0.3 is 0 Å². The second-order valence-corrected chi connectivity index (χ2v) is 5.12. The fraction of sp³-hybridized carbons (Fsp3) is 1.00. The molecule has 1 heteroatoms. The van der Waals surface area contributed by atoms with Gasteiger partial charge in [-0.25, -0.2) is 0 Å². The molecule has 0 aromatic rings. The van der Waals surface area contributed by atoms with E-state index in [1.165, 1.54) is 38.5 Å². The van der Waals surface area contributed by atoms with Crippen LogP contribution in [0.4, 0.5) is 0 Å². The maximum Gasteiger partial charge on any atom is 0.0180 e. The summed E-state index contributed by atoms with van der Waals surface area (Å²) in [6, 6.07) is 0. The lowest BCUT2D eigenvalue weighted by Crippen LogP contribution is -2.49. The van der Waals surface area contributed by atoms with Crippen molar-refractivity contribution in [3.8, 4) is 0 Å². The van der Waals surface area contributed by atoms with E-state index in [0.717, 1.165) is 11.8 Å². The van der Waals surface area contributed by atoms with Gasteiger partial charge in [0.1, 0.15) is 0 Å². The fourth-order valence-corrected chi connectivity index (χ4v) is 2.59. The molecule has 1 nitrogen and oxygen atoms in total. The number of hydrogen-bond donors (Lipinski definition) is 1. The summed E-state index contributed by atoms with van der Waals surface area (Å²) in [5.41, 5.74) is 6.62. The standard InChI is InChI=1S/C12H25N/c1-4-5-7-12(13)8-6-10(2)9-11(12)3/h10-11H,4-9,13H2,1-3H3. The second kappa shape index (κ2) is 4.45. The van der Waals surface area contributed by atoms with Crippen molar-refractivity contribution in [3.05, 3.63) is 0 Å². The van der Waals surface area contributed by atoms with Gasteiger partial charge in [-0.2, -0.15) is 0 Å². The molecule has 0 heterocycles. The number of nitrogens with two attached hydrogens (primary N) is 1. The lowest BCUT2D eigenvalue weighted by Gasteiger charge is -2.42. The van der Waals surface area contributed by atoms with Crippen molar-refractivity contribution in [2.45, 2.75) is 64.8 Å². The molecule has 0 saturated heterocycles. The minimum Gasteiger partial charge on any atom is -0.325 e. The fourth-order valence-electron chi connectivity index (χ4n) is 2.59. The zero-order valence-electron chi connectivity index (χ0n) is 9.47. The predicted molar refractivity (Wildman–Crippen MR) is 58.6 cm³/mol. The SMILES string of the molecule is CCCCC1(N)CCC(C)CC1C. The summed E-state index contributed by atoms with van der Waals surface area (Å²) in [5.74, 6) is 1.62. The summed E-state index contributed by atoms with van der Waals surface area (Å²) < 4.78 is 0. The first-order valence-corrected chi connectivity index (χ1v) is 5.87. The summed E-state index contributed by atoms with van der Waals surface area (Å²) in [6.07, 6.45) is 7.73. The average molecular weight is 183 g/mol. The van der Waals surface area contributed by atoms with Crippen LogP contribution in [0.25, 0.3) is 0 Å². The Morgan fingerprint density at radius 3 is 2.62 bits per heavy atom. The van der Waals surface area contributed by atoms with Gasteiger partial charge in [0.2, 0.25) is 0 Å². The largest absolute Gasteiger partial charge is 0.325 e. The summed E-state index contributed by atoms with van der Waals surface area (Å²) in [5, 5.41) is 0. The van der Waals surface area contributed by atoms with Crippen LogP contribution in [0.5, 0.6) is 0 Å². The van der Waals surface area contributed by atoms with Crippen LogP contribution in [-0.4, -0.2) is 5.54 Å². The molecule has 0 amide bonds. The highest BCUT2D eigenvalue weighted by Crippen LogP contribution is 2.37. The summed E-state index contributed by atoms with van der Waals surface area (Å²) in [6.45, 7) is 6.95. The molecule has 1 saturated carbocycles. The third-order valence-electron chi connectivity index (χ3n) is 3.84. The predicted octanol–water partition coefficient (Wildman–Crippen LogP) is 3.33.